The molecule has 4 heteroatoms. The molecule has 0 amide bonds. The molecule has 2 rings (SSSR count). The van der Waals surface area contributed by atoms with Gasteiger partial charge in [-0.2, -0.15) is 5.10 Å². The van der Waals surface area contributed by atoms with Crippen molar-refractivity contribution in [1.29, 1.82) is 0 Å². The first-order valence-corrected chi connectivity index (χ1v) is 4.64. The number of rotatable bonds is 1. The number of pyridine rings is 1. The summed E-state index contributed by atoms with van der Waals surface area (Å²) in [6.45, 7) is 6.00. The van der Waals surface area contributed by atoms with E-state index in [9.17, 15) is 0 Å². The summed E-state index contributed by atoms with van der Waals surface area (Å²) in [4.78, 5) is 8.17. The summed E-state index contributed by atoms with van der Waals surface area (Å²) < 4.78 is 0. The molecule has 74 valence electrons. The topological polar surface area (TPSA) is 54.5 Å². The molecule has 0 aliphatic carbocycles. The average molecular weight is 190 g/mol. The molecule has 0 aromatic carbocycles. The Morgan fingerprint density at radius 3 is 2.43 bits per heavy atom. The second kappa shape index (κ2) is 5.11. The van der Waals surface area contributed by atoms with Gasteiger partial charge in [-0.25, -0.2) is 4.98 Å². The minimum Gasteiger partial charge on any atom is -0.258 e. The van der Waals surface area contributed by atoms with Crippen molar-refractivity contribution >= 4 is 0 Å². The van der Waals surface area contributed by atoms with Crippen molar-refractivity contribution < 1.29 is 0 Å². The van der Waals surface area contributed by atoms with Crippen molar-refractivity contribution in [3.8, 4) is 11.5 Å². The molecule has 0 aliphatic rings. The minimum absolute atomic E-state index is 0.704. The molecule has 0 unspecified atom stereocenters. The van der Waals surface area contributed by atoms with E-state index in [1.807, 2.05) is 32.9 Å². The van der Waals surface area contributed by atoms with Crippen LogP contribution in [0.5, 0.6) is 0 Å². The maximum absolute atomic E-state index is 4.19. The predicted octanol–water partition coefficient (Wildman–Crippen LogP) is 2.20. The predicted molar refractivity (Wildman–Crippen MR) is 55.7 cm³/mol. The average Bonchev–Trinajstić information content (AvgIpc) is 2.75. The van der Waals surface area contributed by atoms with E-state index in [0.29, 0.717) is 5.82 Å². The summed E-state index contributed by atoms with van der Waals surface area (Å²) in [6.07, 6.45) is 3.27. The number of aromatic nitrogens is 4. The van der Waals surface area contributed by atoms with Crippen LogP contribution in [0.3, 0.4) is 0 Å². The van der Waals surface area contributed by atoms with Crippen LogP contribution in [0.25, 0.3) is 11.5 Å². The van der Waals surface area contributed by atoms with E-state index in [1.165, 1.54) is 6.33 Å². The Kier molecular flexibility index (Phi) is 3.79. The van der Waals surface area contributed by atoms with Gasteiger partial charge in [0.1, 0.15) is 12.0 Å². The van der Waals surface area contributed by atoms with Gasteiger partial charge in [0.15, 0.2) is 5.82 Å². The van der Waals surface area contributed by atoms with Crippen LogP contribution >= 0.6 is 0 Å². The van der Waals surface area contributed by atoms with Crippen molar-refractivity contribution in [3.63, 3.8) is 0 Å². The maximum atomic E-state index is 4.19. The van der Waals surface area contributed by atoms with E-state index in [1.54, 1.807) is 6.20 Å². The SMILES string of the molecule is CC.Cc1ccc(-c2ncn[nH]2)nc1. The van der Waals surface area contributed by atoms with Gasteiger partial charge in [0.05, 0.1) is 0 Å². The third kappa shape index (κ3) is 2.39. The molecule has 0 atom stereocenters. The van der Waals surface area contributed by atoms with Crippen molar-refractivity contribution in [2.24, 2.45) is 0 Å². The zero-order valence-corrected chi connectivity index (χ0v) is 8.65. The standard InChI is InChI=1S/C8H8N4.C2H6/c1-6-2-3-7(9-4-6)8-10-5-11-12-8;1-2/h2-5H,1H3,(H,10,11,12);1-2H3. The normalized spacial score (nSPS) is 9.07. The third-order valence-electron chi connectivity index (χ3n) is 1.57. The lowest BCUT2D eigenvalue weighted by atomic mass is 10.3. The lowest BCUT2D eigenvalue weighted by Crippen LogP contribution is -1.85. The van der Waals surface area contributed by atoms with Gasteiger partial charge in [-0.3, -0.25) is 10.1 Å². The molecule has 0 saturated heterocycles. The molecule has 14 heavy (non-hydrogen) atoms. The van der Waals surface area contributed by atoms with Crippen LogP contribution in [0, 0.1) is 6.92 Å². The fourth-order valence-electron chi connectivity index (χ4n) is 0.937. The van der Waals surface area contributed by atoms with Gasteiger partial charge in [0, 0.05) is 6.20 Å². The van der Waals surface area contributed by atoms with Gasteiger partial charge in [0.25, 0.3) is 0 Å². The Balaban J connectivity index is 0.000000461. The van der Waals surface area contributed by atoms with Gasteiger partial charge in [-0.15, -0.1) is 0 Å². The molecule has 0 saturated carbocycles. The highest BCUT2D eigenvalue weighted by atomic mass is 15.2. The third-order valence-corrected chi connectivity index (χ3v) is 1.57. The fourth-order valence-corrected chi connectivity index (χ4v) is 0.937. The van der Waals surface area contributed by atoms with Gasteiger partial charge in [-0.1, -0.05) is 19.9 Å². The van der Waals surface area contributed by atoms with Crippen molar-refractivity contribution in [1.82, 2.24) is 20.2 Å². The first-order chi connectivity index (χ1) is 6.86. The van der Waals surface area contributed by atoms with Crippen LogP contribution in [0.1, 0.15) is 19.4 Å². The smallest absolute Gasteiger partial charge is 0.174 e. The van der Waals surface area contributed by atoms with Crippen LogP contribution in [0.2, 0.25) is 0 Å². The van der Waals surface area contributed by atoms with Crippen molar-refractivity contribution in [3.05, 3.63) is 30.2 Å². The number of H-pyrrole nitrogens is 1. The highest BCUT2D eigenvalue weighted by molar-refractivity contribution is 5.47. The van der Waals surface area contributed by atoms with Crippen LogP contribution in [-0.4, -0.2) is 20.2 Å². The highest BCUT2D eigenvalue weighted by Crippen LogP contribution is 2.09. The van der Waals surface area contributed by atoms with Crippen molar-refractivity contribution in [2.45, 2.75) is 20.8 Å². The zero-order valence-electron chi connectivity index (χ0n) is 8.65. The summed E-state index contributed by atoms with van der Waals surface area (Å²) in [7, 11) is 0. The summed E-state index contributed by atoms with van der Waals surface area (Å²) >= 11 is 0. The second-order valence-corrected chi connectivity index (χ2v) is 2.55. The molecule has 0 radical (unpaired) electrons. The highest BCUT2D eigenvalue weighted by Gasteiger charge is 1.99. The van der Waals surface area contributed by atoms with E-state index in [4.69, 9.17) is 0 Å². The molecule has 2 aromatic heterocycles. The molecule has 2 aromatic rings. The summed E-state index contributed by atoms with van der Waals surface area (Å²) in [5, 5.41) is 6.49. The molecular weight excluding hydrogens is 176 g/mol. The van der Waals surface area contributed by atoms with Gasteiger partial charge in [0.2, 0.25) is 0 Å². The lowest BCUT2D eigenvalue weighted by Gasteiger charge is -1.94. The number of nitrogens with one attached hydrogen (secondary N) is 1. The van der Waals surface area contributed by atoms with Gasteiger partial charge in [-0.05, 0) is 18.6 Å². The Morgan fingerprint density at radius 1 is 1.14 bits per heavy atom. The van der Waals surface area contributed by atoms with Crippen LogP contribution in [0.4, 0.5) is 0 Å². The van der Waals surface area contributed by atoms with Crippen molar-refractivity contribution in [2.75, 3.05) is 0 Å². The molecule has 2 heterocycles. The number of aryl methyl sites for hydroxylation is 1. The Labute approximate surface area is 83.4 Å². The summed E-state index contributed by atoms with van der Waals surface area (Å²) in [5.41, 5.74) is 1.95. The van der Waals surface area contributed by atoms with E-state index in [2.05, 4.69) is 20.2 Å². The number of hydrogen-bond acceptors (Lipinski definition) is 3. The van der Waals surface area contributed by atoms with E-state index in [0.717, 1.165) is 11.3 Å². The Bertz CT molecular complexity index is 350. The second-order valence-electron chi connectivity index (χ2n) is 2.55. The van der Waals surface area contributed by atoms with E-state index < -0.39 is 0 Å². The Hall–Kier alpha value is -1.71. The number of aromatic amines is 1. The monoisotopic (exact) mass is 190 g/mol. The zero-order chi connectivity index (χ0) is 10.4. The van der Waals surface area contributed by atoms with Crippen LogP contribution < -0.4 is 0 Å². The maximum Gasteiger partial charge on any atom is 0.174 e. The molecule has 4 nitrogen and oxygen atoms in total. The minimum atomic E-state index is 0.704. The largest absolute Gasteiger partial charge is 0.258 e. The van der Waals surface area contributed by atoms with Crippen LogP contribution in [0.15, 0.2) is 24.7 Å². The molecule has 0 bridgehead atoms. The molecule has 1 N–H and O–H groups in total. The summed E-state index contributed by atoms with van der Waals surface area (Å²) in [6, 6.07) is 3.90. The van der Waals surface area contributed by atoms with Gasteiger partial charge >= 0.3 is 0 Å². The van der Waals surface area contributed by atoms with E-state index in [-0.39, 0.29) is 0 Å². The Morgan fingerprint density at radius 2 is 1.93 bits per heavy atom. The molecule has 0 fully saturated rings. The van der Waals surface area contributed by atoms with Gasteiger partial charge < -0.3 is 0 Å². The summed E-state index contributed by atoms with van der Waals surface area (Å²) in [5.74, 6) is 0.704. The molecular formula is C10H14N4. The lowest BCUT2D eigenvalue weighted by molar-refractivity contribution is 1.08. The quantitative estimate of drug-likeness (QED) is 0.750. The first-order valence-electron chi connectivity index (χ1n) is 4.64. The van der Waals surface area contributed by atoms with E-state index >= 15 is 0 Å². The molecule has 0 aliphatic heterocycles. The number of hydrogen-bond donors (Lipinski definition) is 1. The van der Waals surface area contributed by atoms with Crippen LogP contribution in [-0.2, 0) is 0 Å². The fraction of sp³-hybridized carbons (Fsp3) is 0.300. The first kappa shape index (κ1) is 10.4. The molecule has 0 spiro atoms. The number of nitrogens with zero attached hydrogens (tertiary/aromatic N) is 3.